The lowest BCUT2D eigenvalue weighted by Gasteiger charge is -2.23. The van der Waals surface area contributed by atoms with E-state index in [4.69, 9.17) is 10.4 Å². The number of carboxylic acids is 1. The van der Waals surface area contributed by atoms with Gasteiger partial charge in [0, 0.05) is 12.2 Å². The summed E-state index contributed by atoms with van der Waals surface area (Å²) in [5.41, 5.74) is 3.56. The molecule has 106 valence electrons. The lowest BCUT2D eigenvalue weighted by molar-refractivity contribution is -0.135. The predicted molar refractivity (Wildman–Crippen MR) is 81.0 cm³/mol. The minimum absolute atomic E-state index is 0.0664. The molecule has 4 heteroatoms. The summed E-state index contributed by atoms with van der Waals surface area (Å²) < 4.78 is 0. The second kappa shape index (κ2) is 6.58. The highest BCUT2D eigenvalue weighted by molar-refractivity contribution is 5.73. The Morgan fingerprint density at radius 2 is 1.76 bits per heavy atom. The highest BCUT2D eigenvalue weighted by atomic mass is 16.4. The van der Waals surface area contributed by atoms with Crippen molar-refractivity contribution in [3.8, 4) is 6.07 Å². The van der Waals surface area contributed by atoms with Gasteiger partial charge in [-0.05, 0) is 36.8 Å². The third-order valence-electron chi connectivity index (χ3n) is 3.18. The van der Waals surface area contributed by atoms with Gasteiger partial charge in [-0.25, -0.2) is 0 Å². The van der Waals surface area contributed by atoms with Gasteiger partial charge >= 0.3 is 5.97 Å². The minimum atomic E-state index is -0.871. The summed E-state index contributed by atoms with van der Waals surface area (Å²) in [6, 6.07) is 17.0. The van der Waals surface area contributed by atoms with Crippen LogP contribution in [0.3, 0.4) is 0 Å². The fourth-order valence-electron chi connectivity index (χ4n) is 2.06. The summed E-state index contributed by atoms with van der Waals surface area (Å²) >= 11 is 0. The second-order valence-electron chi connectivity index (χ2n) is 4.89. The van der Waals surface area contributed by atoms with Gasteiger partial charge < -0.3 is 10.0 Å². The van der Waals surface area contributed by atoms with Crippen LogP contribution in [0.15, 0.2) is 48.5 Å². The van der Waals surface area contributed by atoms with Crippen molar-refractivity contribution in [3.05, 3.63) is 65.2 Å². The quantitative estimate of drug-likeness (QED) is 0.914. The van der Waals surface area contributed by atoms with Crippen molar-refractivity contribution in [1.29, 1.82) is 5.26 Å². The predicted octanol–water partition coefficient (Wildman–Crippen LogP) is 2.96. The molecule has 0 saturated carbocycles. The van der Waals surface area contributed by atoms with Gasteiger partial charge in [-0.2, -0.15) is 5.26 Å². The SMILES string of the molecule is Cc1ccc(N(CC(=O)O)Cc2ccc(C#N)cc2)cc1. The number of nitrogens with zero attached hydrogens (tertiary/aromatic N) is 2. The molecular formula is C17H16N2O2. The van der Waals surface area contributed by atoms with Crippen molar-refractivity contribution in [2.24, 2.45) is 0 Å². The maximum Gasteiger partial charge on any atom is 0.323 e. The average Bonchev–Trinajstić information content (AvgIpc) is 2.48. The van der Waals surface area contributed by atoms with E-state index < -0.39 is 5.97 Å². The van der Waals surface area contributed by atoms with E-state index in [1.54, 1.807) is 17.0 Å². The molecule has 0 aliphatic heterocycles. The van der Waals surface area contributed by atoms with Crippen molar-refractivity contribution in [1.82, 2.24) is 0 Å². The van der Waals surface area contributed by atoms with Gasteiger partial charge in [-0.15, -0.1) is 0 Å². The van der Waals surface area contributed by atoms with E-state index in [2.05, 4.69) is 6.07 Å². The maximum atomic E-state index is 11.1. The second-order valence-corrected chi connectivity index (χ2v) is 4.89. The molecule has 0 aliphatic rings. The Hall–Kier alpha value is -2.80. The van der Waals surface area contributed by atoms with Crippen LogP contribution in [-0.4, -0.2) is 17.6 Å². The van der Waals surface area contributed by atoms with Gasteiger partial charge in [0.05, 0.1) is 11.6 Å². The van der Waals surface area contributed by atoms with Gasteiger partial charge in [-0.3, -0.25) is 4.79 Å². The summed E-state index contributed by atoms with van der Waals surface area (Å²) in [6.45, 7) is 2.41. The smallest absolute Gasteiger partial charge is 0.323 e. The third kappa shape index (κ3) is 4.08. The Morgan fingerprint density at radius 1 is 1.14 bits per heavy atom. The minimum Gasteiger partial charge on any atom is -0.480 e. The Balaban J connectivity index is 2.21. The van der Waals surface area contributed by atoms with E-state index in [1.165, 1.54) is 0 Å². The number of rotatable bonds is 5. The molecule has 0 heterocycles. The van der Waals surface area contributed by atoms with Crippen molar-refractivity contribution >= 4 is 11.7 Å². The molecule has 0 fully saturated rings. The Labute approximate surface area is 123 Å². The van der Waals surface area contributed by atoms with Crippen molar-refractivity contribution in [2.45, 2.75) is 13.5 Å². The first-order valence-electron chi connectivity index (χ1n) is 6.61. The molecule has 0 aromatic heterocycles. The molecule has 0 saturated heterocycles. The number of nitriles is 1. The number of aliphatic carboxylic acids is 1. The van der Waals surface area contributed by atoms with Crippen LogP contribution < -0.4 is 4.90 Å². The summed E-state index contributed by atoms with van der Waals surface area (Å²) in [4.78, 5) is 12.9. The molecule has 4 nitrogen and oxygen atoms in total. The number of hydrogen-bond acceptors (Lipinski definition) is 3. The number of carbonyl (C=O) groups is 1. The van der Waals surface area contributed by atoms with Gasteiger partial charge in [0.1, 0.15) is 6.54 Å². The molecule has 1 N–H and O–H groups in total. The van der Waals surface area contributed by atoms with E-state index in [1.807, 2.05) is 43.3 Å². The van der Waals surface area contributed by atoms with E-state index >= 15 is 0 Å². The van der Waals surface area contributed by atoms with Crippen LogP contribution in [0.1, 0.15) is 16.7 Å². The first-order chi connectivity index (χ1) is 10.1. The van der Waals surface area contributed by atoms with Crippen molar-refractivity contribution in [2.75, 3.05) is 11.4 Å². The Kier molecular flexibility index (Phi) is 4.57. The largest absolute Gasteiger partial charge is 0.480 e. The first kappa shape index (κ1) is 14.6. The summed E-state index contributed by atoms with van der Waals surface area (Å²) in [6.07, 6.45) is 0. The molecule has 2 rings (SSSR count). The molecule has 0 unspecified atom stereocenters. The molecule has 2 aromatic carbocycles. The van der Waals surface area contributed by atoms with Gasteiger partial charge in [0.2, 0.25) is 0 Å². The van der Waals surface area contributed by atoms with Crippen LogP contribution in [0.2, 0.25) is 0 Å². The van der Waals surface area contributed by atoms with Crippen LogP contribution in [0.5, 0.6) is 0 Å². The van der Waals surface area contributed by atoms with Crippen LogP contribution in [0.4, 0.5) is 5.69 Å². The van der Waals surface area contributed by atoms with Gasteiger partial charge in [0.15, 0.2) is 0 Å². The molecule has 0 spiro atoms. The summed E-state index contributed by atoms with van der Waals surface area (Å²) in [5, 5.41) is 17.9. The van der Waals surface area contributed by atoms with E-state index in [9.17, 15) is 4.79 Å². The molecule has 0 aliphatic carbocycles. The third-order valence-corrected chi connectivity index (χ3v) is 3.18. The molecule has 0 radical (unpaired) electrons. The number of carboxylic acid groups (broad SMARTS) is 1. The first-order valence-corrected chi connectivity index (χ1v) is 6.61. The van der Waals surface area contributed by atoms with Crippen LogP contribution >= 0.6 is 0 Å². The molecule has 2 aromatic rings. The van der Waals surface area contributed by atoms with Crippen molar-refractivity contribution < 1.29 is 9.90 Å². The lowest BCUT2D eigenvalue weighted by atomic mass is 10.1. The zero-order valence-corrected chi connectivity index (χ0v) is 11.8. The van der Waals surface area contributed by atoms with Crippen molar-refractivity contribution in [3.63, 3.8) is 0 Å². The maximum absolute atomic E-state index is 11.1. The topological polar surface area (TPSA) is 64.3 Å². The summed E-state index contributed by atoms with van der Waals surface area (Å²) in [7, 11) is 0. The van der Waals surface area contributed by atoms with E-state index in [-0.39, 0.29) is 6.54 Å². The summed E-state index contributed by atoms with van der Waals surface area (Å²) in [5.74, 6) is -0.871. The Morgan fingerprint density at radius 3 is 2.29 bits per heavy atom. The molecular weight excluding hydrogens is 264 g/mol. The standard InChI is InChI=1S/C17H16N2O2/c1-13-2-8-16(9-3-13)19(12-17(20)21)11-15-6-4-14(10-18)5-7-15/h2-9H,11-12H2,1H3,(H,20,21). The highest BCUT2D eigenvalue weighted by Gasteiger charge is 2.11. The van der Waals surface area contributed by atoms with Gasteiger partial charge in [-0.1, -0.05) is 29.8 Å². The van der Waals surface area contributed by atoms with Crippen LogP contribution in [-0.2, 0) is 11.3 Å². The molecule has 0 amide bonds. The average molecular weight is 280 g/mol. The van der Waals surface area contributed by atoms with Crippen LogP contribution in [0.25, 0.3) is 0 Å². The number of aryl methyl sites for hydroxylation is 1. The van der Waals surface area contributed by atoms with E-state index in [0.717, 1.165) is 16.8 Å². The number of hydrogen-bond donors (Lipinski definition) is 1. The van der Waals surface area contributed by atoms with E-state index in [0.29, 0.717) is 12.1 Å². The fourth-order valence-corrected chi connectivity index (χ4v) is 2.06. The fraction of sp³-hybridized carbons (Fsp3) is 0.176. The van der Waals surface area contributed by atoms with Crippen LogP contribution in [0, 0.1) is 18.3 Å². The van der Waals surface area contributed by atoms with Gasteiger partial charge in [0.25, 0.3) is 0 Å². The lowest BCUT2D eigenvalue weighted by Crippen LogP contribution is -2.29. The number of benzene rings is 2. The molecule has 0 bridgehead atoms. The Bertz CT molecular complexity index is 655. The number of anilines is 1. The normalized spacial score (nSPS) is 9.90. The molecule has 21 heavy (non-hydrogen) atoms. The zero-order valence-electron chi connectivity index (χ0n) is 11.8. The zero-order chi connectivity index (χ0) is 15.2. The monoisotopic (exact) mass is 280 g/mol. The molecule has 0 atom stereocenters. The highest BCUT2D eigenvalue weighted by Crippen LogP contribution is 2.18.